The van der Waals surface area contributed by atoms with E-state index in [-0.39, 0.29) is 11.1 Å². The van der Waals surface area contributed by atoms with Crippen molar-refractivity contribution in [3.05, 3.63) is 52.8 Å². The van der Waals surface area contributed by atoms with Crippen LogP contribution in [0.3, 0.4) is 0 Å². The monoisotopic (exact) mass is 562 g/mol. The minimum absolute atomic E-state index is 0.220. The Bertz CT molecular complexity index is 1540. The maximum Gasteiger partial charge on any atom is 0.258 e. The van der Waals surface area contributed by atoms with Crippen molar-refractivity contribution in [2.75, 3.05) is 45.2 Å². The molecule has 0 radical (unpaired) electrons. The lowest BCUT2D eigenvalue weighted by Gasteiger charge is -2.32. The van der Waals surface area contributed by atoms with E-state index in [1.165, 1.54) is 5.56 Å². The number of halogens is 1. The molecule has 1 amide bonds. The van der Waals surface area contributed by atoms with Gasteiger partial charge in [0.05, 0.1) is 35.1 Å². The minimum Gasteiger partial charge on any atom is -0.477 e. The molecule has 1 atom stereocenters. The Morgan fingerprint density at radius 1 is 1.10 bits per heavy atom. The number of anilines is 1. The van der Waals surface area contributed by atoms with Gasteiger partial charge in [0.15, 0.2) is 0 Å². The highest BCUT2D eigenvalue weighted by molar-refractivity contribution is 6.30. The van der Waals surface area contributed by atoms with Crippen LogP contribution in [0, 0.1) is 5.92 Å². The molecule has 40 heavy (non-hydrogen) atoms. The zero-order chi connectivity index (χ0) is 27.8. The average molecular weight is 563 g/mol. The third kappa shape index (κ3) is 5.56. The number of piperazine rings is 1. The number of hydrogen-bond acceptors (Lipinski definition) is 7. The fraction of sp³-hybridized carbons (Fsp3) is 0.448. The van der Waals surface area contributed by atoms with Crippen LogP contribution in [0.4, 0.5) is 5.95 Å². The second kappa shape index (κ2) is 11.2. The highest BCUT2D eigenvalue weighted by atomic mass is 35.5. The number of benzene rings is 1. The van der Waals surface area contributed by atoms with Crippen molar-refractivity contribution in [1.29, 1.82) is 0 Å². The quantitative estimate of drug-likeness (QED) is 0.364. The van der Waals surface area contributed by atoms with Crippen molar-refractivity contribution in [3.8, 4) is 17.1 Å². The zero-order valence-electron chi connectivity index (χ0n) is 23.2. The van der Waals surface area contributed by atoms with Crippen LogP contribution in [0.2, 0.25) is 5.15 Å². The average Bonchev–Trinajstić information content (AvgIpc) is 3.46. The third-order valence-electron chi connectivity index (χ3n) is 7.83. The molecule has 11 heteroatoms. The van der Waals surface area contributed by atoms with Crippen molar-refractivity contribution < 1.29 is 9.53 Å². The lowest BCUT2D eigenvalue weighted by atomic mass is 10.1. The second-order valence-electron chi connectivity index (χ2n) is 11.0. The first-order valence-corrected chi connectivity index (χ1v) is 14.3. The fourth-order valence-corrected chi connectivity index (χ4v) is 5.74. The van der Waals surface area contributed by atoms with E-state index in [1.807, 2.05) is 7.05 Å². The summed E-state index contributed by atoms with van der Waals surface area (Å²) in [6, 6.07) is 9.73. The van der Waals surface area contributed by atoms with Crippen molar-refractivity contribution >= 4 is 34.5 Å². The highest BCUT2D eigenvalue weighted by Crippen LogP contribution is 2.31. The van der Waals surface area contributed by atoms with E-state index < -0.39 is 0 Å². The van der Waals surface area contributed by atoms with Crippen LogP contribution in [-0.2, 0) is 20.1 Å². The Labute approximate surface area is 238 Å². The number of fused-ring (bicyclic) bond motifs is 7. The first-order chi connectivity index (χ1) is 19.3. The number of nitrogens with one attached hydrogen (secondary N) is 1. The van der Waals surface area contributed by atoms with Gasteiger partial charge in [0.1, 0.15) is 5.15 Å². The molecule has 2 bridgehead atoms. The van der Waals surface area contributed by atoms with Crippen molar-refractivity contribution in [1.82, 2.24) is 34.1 Å². The van der Waals surface area contributed by atoms with Gasteiger partial charge in [-0.05, 0) is 55.6 Å². The Kier molecular flexibility index (Phi) is 7.48. The molecule has 2 aliphatic rings. The molecule has 1 saturated heterocycles. The number of nitrogens with zero attached hydrogens (tertiary/aromatic N) is 7. The van der Waals surface area contributed by atoms with E-state index in [0.717, 1.165) is 63.1 Å². The molecule has 0 aliphatic carbocycles. The Morgan fingerprint density at radius 2 is 1.93 bits per heavy atom. The van der Waals surface area contributed by atoms with Gasteiger partial charge in [-0.15, -0.1) is 0 Å². The normalized spacial score (nSPS) is 19.3. The topological polar surface area (TPSA) is 93.3 Å². The lowest BCUT2D eigenvalue weighted by molar-refractivity contribution is 0.102. The van der Waals surface area contributed by atoms with Crippen molar-refractivity contribution in [2.45, 2.75) is 32.9 Å². The van der Waals surface area contributed by atoms with Crippen LogP contribution in [-0.4, -0.2) is 79.9 Å². The summed E-state index contributed by atoms with van der Waals surface area (Å²) >= 11 is 6.38. The molecule has 5 heterocycles. The number of carbonyl (C=O) groups excluding carboxylic acids is 1. The molecule has 0 saturated carbocycles. The molecule has 1 aromatic carbocycles. The van der Waals surface area contributed by atoms with Gasteiger partial charge in [-0.1, -0.05) is 24.6 Å². The van der Waals surface area contributed by atoms with E-state index in [0.29, 0.717) is 41.2 Å². The van der Waals surface area contributed by atoms with Gasteiger partial charge in [0.2, 0.25) is 11.8 Å². The summed E-state index contributed by atoms with van der Waals surface area (Å²) in [5.41, 5.74) is 4.76. The molecular weight excluding hydrogens is 528 g/mol. The summed E-state index contributed by atoms with van der Waals surface area (Å²) in [6.07, 6.45) is 3.53. The third-order valence-corrected chi connectivity index (χ3v) is 8.02. The summed E-state index contributed by atoms with van der Waals surface area (Å²) in [5, 5.41) is 7.64. The first-order valence-electron chi connectivity index (χ1n) is 13.9. The van der Waals surface area contributed by atoms with Crippen molar-refractivity contribution in [2.24, 2.45) is 13.0 Å². The number of carbonyl (C=O) groups is 1. The van der Waals surface area contributed by atoms with Crippen LogP contribution >= 0.6 is 11.6 Å². The number of amides is 1. The fourth-order valence-electron chi connectivity index (χ4n) is 5.53. The largest absolute Gasteiger partial charge is 0.477 e. The smallest absolute Gasteiger partial charge is 0.258 e. The number of rotatable bonds is 2. The summed E-state index contributed by atoms with van der Waals surface area (Å²) in [6.45, 7) is 8.69. The molecule has 10 nitrogen and oxygen atoms in total. The van der Waals surface area contributed by atoms with E-state index in [2.05, 4.69) is 61.9 Å². The van der Waals surface area contributed by atoms with Crippen LogP contribution in [0.25, 0.3) is 22.3 Å². The number of likely N-dealkylation sites (N-methyl/N-ethyl adjacent to an activating group) is 1. The van der Waals surface area contributed by atoms with Gasteiger partial charge in [0.25, 0.3) is 5.91 Å². The Balaban J connectivity index is 1.36. The van der Waals surface area contributed by atoms with Crippen molar-refractivity contribution in [3.63, 3.8) is 0 Å². The second-order valence-corrected chi connectivity index (χ2v) is 11.4. The maximum atomic E-state index is 13.5. The predicted molar refractivity (Wildman–Crippen MR) is 156 cm³/mol. The van der Waals surface area contributed by atoms with Gasteiger partial charge in [0, 0.05) is 51.9 Å². The molecule has 6 rings (SSSR count). The predicted octanol–water partition coefficient (Wildman–Crippen LogP) is 4.29. The number of ether oxygens (including phenoxy) is 1. The standard InChI is InChI=1S/C29H35ClN8O2/c1-19-5-4-12-40-28-22(16-31-36(28)3)24-14-21(15-26(30)32-24)27(39)34-29-33-23-7-6-20(13-25(23)38(29)17-19)18-37-10-8-35(2)9-11-37/h6-7,13-16,19H,4-5,8-12,17-18H2,1-3H3,(H,33,34,39)/t19-/m1/s1. The van der Waals surface area contributed by atoms with E-state index in [9.17, 15) is 4.79 Å². The molecule has 2 aliphatic heterocycles. The molecular formula is C29H35ClN8O2. The van der Waals surface area contributed by atoms with E-state index in [4.69, 9.17) is 21.3 Å². The van der Waals surface area contributed by atoms with Gasteiger partial charge < -0.3 is 14.2 Å². The Morgan fingerprint density at radius 3 is 2.75 bits per heavy atom. The lowest BCUT2D eigenvalue weighted by Crippen LogP contribution is -2.43. The van der Waals surface area contributed by atoms with Gasteiger partial charge in [-0.2, -0.15) is 5.10 Å². The molecule has 1 N–H and O–H groups in total. The highest BCUT2D eigenvalue weighted by Gasteiger charge is 2.22. The number of pyridine rings is 1. The summed E-state index contributed by atoms with van der Waals surface area (Å²) < 4.78 is 9.98. The van der Waals surface area contributed by atoms with Gasteiger partial charge in [-0.3, -0.25) is 15.0 Å². The summed E-state index contributed by atoms with van der Waals surface area (Å²) in [7, 11) is 4.00. The number of hydrogen-bond donors (Lipinski definition) is 1. The van der Waals surface area contributed by atoms with Gasteiger partial charge in [-0.25, -0.2) is 14.6 Å². The molecule has 3 aromatic heterocycles. The van der Waals surface area contributed by atoms with Crippen LogP contribution < -0.4 is 10.1 Å². The molecule has 0 unspecified atom stereocenters. The van der Waals surface area contributed by atoms with Crippen LogP contribution in [0.15, 0.2) is 36.5 Å². The van der Waals surface area contributed by atoms with Crippen LogP contribution in [0.1, 0.15) is 35.7 Å². The van der Waals surface area contributed by atoms with Gasteiger partial charge >= 0.3 is 0 Å². The molecule has 210 valence electrons. The summed E-state index contributed by atoms with van der Waals surface area (Å²) in [4.78, 5) is 27.7. The van der Waals surface area contributed by atoms with Crippen LogP contribution in [0.5, 0.6) is 5.88 Å². The molecule has 1 fully saturated rings. The Hall–Kier alpha value is -3.47. The number of aromatic nitrogens is 5. The molecule has 4 aromatic rings. The van der Waals surface area contributed by atoms with E-state index in [1.54, 1.807) is 23.0 Å². The SMILES string of the molecule is C[C@@H]1CCCOc2c(cnn2C)-c2cc(cc(Cl)n2)C(=O)Nc2nc3ccc(CN4CCN(C)CC4)cc3n2C1. The zero-order valence-corrected chi connectivity index (χ0v) is 24.0. The maximum absolute atomic E-state index is 13.5. The number of imidazole rings is 1. The minimum atomic E-state index is -0.298. The van der Waals surface area contributed by atoms with E-state index >= 15 is 0 Å². The summed E-state index contributed by atoms with van der Waals surface area (Å²) in [5.74, 6) is 1.18. The first kappa shape index (κ1) is 26.7. The number of aryl methyl sites for hydroxylation is 1. The molecule has 0 spiro atoms.